The number of piperidine rings is 1. The van der Waals surface area contributed by atoms with Crippen LogP contribution >= 0.6 is 24.8 Å². The molecule has 2 saturated heterocycles. The molecule has 3 fully saturated rings. The van der Waals surface area contributed by atoms with Crippen molar-refractivity contribution < 1.29 is 4.79 Å². The Labute approximate surface area is 140 Å². The Hall–Kier alpha value is -0.0300. The summed E-state index contributed by atoms with van der Waals surface area (Å²) in [6.45, 7) is 7.57. The number of hydrogen-bond acceptors (Lipinski definition) is 3. The van der Waals surface area contributed by atoms with E-state index in [1.165, 1.54) is 32.2 Å². The van der Waals surface area contributed by atoms with Crippen LogP contribution < -0.4 is 10.6 Å². The van der Waals surface area contributed by atoms with Gasteiger partial charge >= 0.3 is 0 Å². The lowest BCUT2D eigenvalue weighted by Gasteiger charge is -2.25. The molecular formula is C15H29Cl2N3O. The second kappa shape index (κ2) is 8.00. The summed E-state index contributed by atoms with van der Waals surface area (Å²) in [5, 5.41) is 6.61. The molecule has 0 bridgehead atoms. The molecule has 1 amide bonds. The molecule has 3 aliphatic rings. The van der Waals surface area contributed by atoms with Crippen LogP contribution in [0.15, 0.2) is 0 Å². The summed E-state index contributed by atoms with van der Waals surface area (Å²) in [6, 6.07) is 0.580. The highest BCUT2D eigenvalue weighted by Gasteiger charge is 2.57. The average molecular weight is 338 g/mol. The normalized spacial score (nSPS) is 30.3. The highest BCUT2D eigenvalue weighted by Crippen LogP contribution is 2.58. The van der Waals surface area contributed by atoms with Gasteiger partial charge in [0.15, 0.2) is 0 Å². The van der Waals surface area contributed by atoms with E-state index in [2.05, 4.69) is 22.5 Å². The molecule has 4 nitrogen and oxygen atoms in total. The molecule has 0 radical (unpaired) electrons. The van der Waals surface area contributed by atoms with Crippen molar-refractivity contribution in [3.05, 3.63) is 0 Å². The molecule has 2 atom stereocenters. The predicted octanol–water partition coefficient (Wildman–Crippen LogP) is 1.82. The largest absolute Gasteiger partial charge is 0.354 e. The number of nitrogens with one attached hydrogen (secondary N) is 2. The molecule has 0 aromatic heterocycles. The first-order chi connectivity index (χ1) is 9.25. The molecular weight excluding hydrogens is 309 g/mol. The molecule has 0 aromatic carbocycles. The smallest absolute Gasteiger partial charge is 0.223 e. The van der Waals surface area contributed by atoms with E-state index in [0.29, 0.717) is 23.3 Å². The van der Waals surface area contributed by atoms with Gasteiger partial charge in [-0.3, -0.25) is 9.69 Å². The van der Waals surface area contributed by atoms with Crippen molar-refractivity contribution in [3.8, 4) is 0 Å². The van der Waals surface area contributed by atoms with Gasteiger partial charge in [-0.2, -0.15) is 0 Å². The SMILES string of the molecule is CCN1CCCC1CNC(=O)C1CC12CCNCC2.Cl.Cl. The monoisotopic (exact) mass is 337 g/mol. The number of hydrogen-bond donors (Lipinski definition) is 2. The first-order valence-corrected chi connectivity index (χ1v) is 7.98. The second-order valence-electron chi connectivity index (χ2n) is 6.54. The van der Waals surface area contributed by atoms with Crippen LogP contribution in [0.25, 0.3) is 0 Å². The number of amides is 1. The highest BCUT2D eigenvalue weighted by atomic mass is 35.5. The van der Waals surface area contributed by atoms with Crippen LogP contribution in [0.4, 0.5) is 0 Å². The van der Waals surface area contributed by atoms with Crippen molar-refractivity contribution in [2.24, 2.45) is 11.3 Å². The first kappa shape index (κ1) is 19.0. The number of halogens is 2. The third-order valence-corrected chi connectivity index (χ3v) is 5.52. The molecule has 1 aliphatic carbocycles. The van der Waals surface area contributed by atoms with E-state index >= 15 is 0 Å². The molecule has 1 spiro atoms. The van der Waals surface area contributed by atoms with Gasteiger partial charge < -0.3 is 10.6 Å². The average Bonchev–Trinajstić information content (AvgIpc) is 2.94. The Balaban J connectivity index is 0.00000110. The lowest BCUT2D eigenvalue weighted by atomic mass is 9.92. The van der Waals surface area contributed by atoms with Crippen molar-refractivity contribution >= 4 is 30.7 Å². The van der Waals surface area contributed by atoms with Gasteiger partial charge in [-0.05, 0) is 63.7 Å². The van der Waals surface area contributed by atoms with Gasteiger partial charge in [-0.25, -0.2) is 0 Å². The fraction of sp³-hybridized carbons (Fsp3) is 0.933. The van der Waals surface area contributed by atoms with Crippen molar-refractivity contribution in [1.82, 2.24) is 15.5 Å². The van der Waals surface area contributed by atoms with E-state index in [1.807, 2.05) is 0 Å². The molecule has 6 heteroatoms. The number of nitrogens with zero attached hydrogens (tertiary/aromatic N) is 1. The summed E-state index contributed by atoms with van der Waals surface area (Å²) in [6.07, 6.45) is 6.04. The maximum Gasteiger partial charge on any atom is 0.223 e. The van der Waals surface area contributed by atoms with Gasteiger partial charge in [0.05, 0.1) is 0 Å². The summed E-state index contributed by atoms with van der Waals surface area (Å²) in [5.74, 6) is 0.635. The third kappa shape index (κ3) is 4.04. The van der Waals surface area contributed by atoms with E-state index in [4.69, 9.17) is 0 Å². The van der Waals surface area contributed by atoms with Crippen molar-refractivity contribution in [2.45, 2.75) is 45.1 Å². The first-order valence-electron chi connectivity index (χ1n) is 7.98. The van der Waals surface area contributed by atoms with Crippen LogP contribution in [0.1, 0.15) is 39.0 Å². The summed E-state index contributed by atoms with van der Waals surface area (Å²) < 4.78 is 0. The number of carbonyl (C=O) groups is 1. The van der Waals surface area contributed by atoms with Crippen LogP contribution in [-0.2, 0) is 4.79 Å². The van der Waals surface area contributed by atoms with E-state index in [9.17, 15) is 4.79 Å². The van der Waals surface area contributed by atoms with Crippen LogP contribution in [0.2, 0.25) is 0 Å². The maximum absolute atomic E-state index is 12.3. The fourth-order valence-electron chi connectivity index (χ4n) is 4.08. The van der Waals surface area contributed by atoms with Crippen LogP contribution in [-0.4, -0.2) is 49.6 Å². The van der Waals surface area contributed by atoms with E-state index in [-0.39, 0.29) is 24.8 Å². The van der Waals surface area contributed by atoms with Gasteiger partial charge in [-0.15, -0.1) is 24.8 Å². The highest BCUT2D eigenvalue weighted by molar-refractivity contribution is 5.85. The van der Waals surface area contributed by atoms with E-state index < -0.39 is 0 Å². The molecule has 2 N–H and O–H groups in total. The summed E-state index contributed by atoms with van der Waals surface area (Å²) in [4.78, 5) is 14.8. The number of likely N-dealkylation sites (tertiary alicyclic amines) is 1. The predicted molar refractivity (Wildman–Crippen MR) is 90.4 cm³/mol. The summed E-state index contributed by atoms with van der Waals surface area (Å²) in [5.41, 5.74) is 0.370. The van der Waals surface area contributed by atoms with Gasteiger partial charge in [0.1, 0.15) is 0 Å². The quantitative estimate of drug-likeness (QED) is 0.822. The number of likely N-dealkylation sites (N-methyl/N-ethyl adjacent to an activating group) is 1. The van der Waals surface area contributed by atoms with Crippen LogP contribution in [0.3, 0.4) is 0 Å². The molecule has 124 valence electrons. The Morgan fingerprint density at radius 1 is 1.33 bits per heavy atom. The molecule has 2 aliphatic heterocycles. The standard InChI is InChI=1S/C15H27N3O.2ClH/c1-2-18-9-3-4-12(18)11-17-14(19)13-10-15(13)5-7-16-8-6-15;;/h12-13,16H,2-11H2,1H3,(H,17,19);2*1H. The van der Waals surface area contributed by atoms with Gasteiger partial charge in [0.2, 0.25) is 5.91 Å². The molecule has 3 rings (SSSR count). The van der Waals surface area contributed by atoms with Crippen molar-refractivity contribution in [3.63, 3.8) is 0 Å². The van der Waals surface area contributed by atoms with Crippen LogP contribution in [0.5, 0.6) is 0 Å². The molecule has 0 aromatic rings. The lowest BCUT2D eigenvalue weighted by Crippen LogP contribution is -2.41. The van der Waals surface area contributed by atoms with Crippen molar-refractivity contribution in [2.75, 3.05) is 32.7 Å². The zero-order valence-electron chi connectivity index (χ0n) is 12.9. The number of carbonyl (C=O) groups excluding carboxylic acids is 1. The minimum absolute atomic E-state index is 0. The second-order valence-corrected chi connectivity index (χ2v) is 6.54. The zero-order chi connectivity index (χ0) is 13.3. The van der Waals surface area contributed by atoms with Crippen molar-refractivity contribution in [1.29, 1.82) is 0 Å². The topological polar surface area (TPSA) is 44.4 Å². The molecule has 2 heterocycles. The minimum atomic E-state index is 0. The maximum atomic E-state index is 12.3. The zero-order valence-corrected chi connectivity index (χ0v) is 14.5. The summed E-state index contributed by atoms with van der Waals surface area (Å²) >= 11 is 0. The Morgan fingerprint density at radius 3 is 2.71 bits per heavy atom. The Kier molecular flexibility index (Phi) is 7.25. The molecule has 21 heavy (non-hydrogen) atoms. The van der Waals surface area contributed by atoms with E-state index in [1.54, 1.807) is 0 Å². The van der Waals surface area contributed by atoms with Gasteiger partial charge in [-0.1, -0.05) is 6.92 Å². The van der Waals surface area contributed by atoms with E-state index in [0.717, 1.165) is 32.6 Å². The van der Waals surface area contributed by atoms with Gasteiger partial charge in [0.25, 0.3) is 0 Å². The lowest BCUT2D eigenvalue weighted by molar-refractivity contribution is -0.123. The fourth-order valence-corrected chi connectivity index (χ4v) is 4.08. The number of rotatable bonds is 4. The Morgan fingerprint density at radius 2 is 2.05 bits per heavy atom. The molecule has 1 saturated carbocycles. The minimum Gasteiger partial charge on any atom is -0.354 e. The van der Waals surface area contributed by atoms with Gasteiger partial charge in [0, 0.05) is 18.5 Å². The molecule has 2 unspecified atom stereocenters. The Bertz CT molecular complexity index is 348. The van der Waals surface area contributed by atoms with Crippen LogP contribution in [0, 0.1) is 11.3 Å². The third-order valence-electron chi connectivity index (χ3n) is 5.52. The summed E-state index contributed by atoms with van der Waals surface area (Å²) in [7, 11) is 0.